The van der Waals surface area contributed by atoms with Gasteiger partial charge in [-0.3, -0.25) is 0 Å². The van der Waals surface area contributed by atoms with Gasteiger partial charge in [0.05, 0.1) is 18.8 Å². The fraction of sp³-hybridized carbons (Fsp3) is 0.625. The molecule has 3 heteroatoms. The molecule has 2 N–H and O–H groups in total. The second-order valence-electron chi connectivity index (χ2n) is 5.10. The van der Waals surface area contributed by atoms with Crippen LogP contribution < -0.4 is 0 Å². The molecule has 2 unspecified atom stereocenters. The zero-order valence-electron chi connectivity index (χ0n) is 11.8. The van der Waals surface area contributed by atoms with Crippen molar-refractivity contribution in [3.05, 3.63) is 35.9 Å². The molecule has 1 aromatic rings. The summed E-state index contributed by atoms with van der Waals surface area (Å²) in [5.41, 5.74) is 1.36. The Morgan fingerprint density at radius 3 is 2.47 bits per heavy atom. The summed E-state index contributed by atoms with van der Waals surface area (Å²) in [6.07, 6.45) is 3.62. The first-order valence-electron chi connectivity index (χ1n) is 7.16. The van der Waals surface area contributed by atoms with E-state index in [2.05, 4.69) is 24.3 Å². The number of ether oxygens (including phenoxy) is 1. The van der Waals surface area contributed by atoms with Gasteiger partial charge in [0.15, 0.2) is 0 Å². The zero-order chi connectivity index (χ0) is 13.9. The van der Waals surface area contributed by atoms with Crippen molar-refractivity contribution in [3.63, 3.8) is 0 Å². The second kappa shape index (κ2) is 9.96. The first kappa shape index (κ1) is 16.2. The topological polar surface area (TPSA) is 49.7 Å². The van der Waals surface area contributed by atoms with Crippen LogP contribution >= 0.6 is 0 Å². The molecule has 0 bridgehead atoms. The standard InChI is InChI=1S/C16H26O3/c1-14(17)10-11-16(18)13-19-12-6-5-9-15-7-3-2-4-8-15/h2-4,7-8,14,16-18H,5-6,9-13H2,1H3. The van der Waals surface area contributed by atoms with Crippen molar-refractivity contribution in [1.29, 1.82) is 0 Å². The highest BCUT2D eigenvalue weighted by Crippen LogP contribution is 2.05. The summed E-state index contributed by atoms with van der Waals surface area (Å²) in [4.78, 5) is 0. The molecular weight excluding hydrogens is 240 g/mol. The number of rotatable bonds is 10. The summed E-state index contributed by atoms with van der Waals surface area (Å²) >= 11 is 0. The Morgan fingerprint density at radius 2 is 1.79 bits per heavy atom. The van der Waals surface area contributed by atoms with E-state index in [9.17, 15) is 5.11 Å². The van der Waals surface area contributed by atoms with Gasteiger partial charge < -0.3 is 14.9 Å². The van der Waals surface area contributed by atoms with Crippen molar-refractivity contribution in [2.24, 2.45) is 0 Å². The van der Waals surface area contributed by atoms with Gasteiger partial charge in [-0.05, 0) is 44.6 Å². The van der Waals surface area contributed by atoms with Crippen LogP contribution in [0.4, 0.5) is 0 Å². The van der Waals surface area contributed by atoms with Crippen molar-refractivity contribution in [2.45, 2.75) is 51.2 Å². The van der Waals surface area contributed by atoms with Gasteiger partial charge in [-0.2, -0.15) is 0 Å². The molecule has 0 radical (unpaired) electrons. The average Bonchev–Trinajstić information content (AvgIpc) is 2.41. The molecule has 0 aromatic heterocycles. The molecular formula is C16H26O3. The molecule has 2 atom stereocenters. The first-order valence-corrected chi connectivity index (χ1v) is 7.16. The predicted octanol–water partition coefficient (Wildman–Crippen LogP) is 2.55. The predicted molar refractivity (Wildman–Crippen MR) is 77.1 cm³/mol. The van der Waals surface area contributed by atoms with Crippen LogP contribution in [0.15, 0.2) is 30.3 Å². The van der Waals surface area contributed by atoms with Crippen LogP contribution in [0.25, 0.3) is 0 Å². The molecule has 108 valence electrons. The fourth-order valence-electron chi connectivity index (χ4n) is 1.91. The molecule has 0 aliphatic carbocycles. The number of benzene rings is 1. The van der Waals surface area contributed by atoms with E-state index < -0.39 is 6.10 Å². The number of aliphatic hydroxyl groups excluding tert-OH is 2. The van der Waals surface area contributed by atoms with Gasteiger partial charge in [0.2, 0.25) is 0 Å². The third kappa shape index (κ3) is 8.76. The van der Waals surface area contributed by atoms with E-state index in [1.807, 2.05) is 6.07 Å². The molecule has 0 saturated carbocycles. The summed E-state index contributed by atoms with van der Waals surface area (Å²) in [6.45, 7) is 2.80. The smallest absolute Gasteiger partial charge is 0.0774 e. The molecule has 19 heavy (non-hydrogen) atoms. The molecule has 3 nitrogen and oxygen atoms in total. The van der Waals surface area contributed by atoms with Crippen LogP contribution in [0.3, 0.4) is 0 Å². The highest BCUT2D eigenvalue weighted by molar-refractivity contribution is 5.14. The Morgan fingerprint density at radius 1 is 1.05 bits per heavy atom. The van der Waals surface area contributed by atoms with Crippen molar-refractivity contribution in [1.82, 2.24) is 0 Å². The maximum Gasteiger partial charge on any atom is 0.0774 e. The number of unbranched alkanes of at least 4 members (excludes halogenated alkanes) is 1. The molecule has 1 aromatic carbocycles. The lowest BCUT2D eigenvalue weighted by atomic mass is 10.1. The van der Waals surface area contributed by atoms with E-state index >= 15 is 0 Å². The molecule has 0 saturated heterocycles. The minimum Gasteiger partial charge on any atom is -0.393 e. The number of aliphatic hydroxyl groups is 2. The van der Waals surface area contributed by atoms with Crippen molar-refractivity contribution in [2.75, 3.05) is 13.2 Å². The Balaban J connectivity index is 1.93. The maximum absolute atomic E-state index is 9.60. The number of hydrogen-bond acceptors (Lipinski definition) is 3. The first-order chi connectivity index (χ1) is 9.18. The van der Waals surface area contributed by atoms with Gasteiger partial charge in [0, 0.05) is 6.61 Å². The Bertz CT molecular complexity index is 311. The summed E-state index contributed by atoms with van der Waals surface area (Å²) in [5.74, 6) is 0. The summed E-state index contributed by atoms with van der Waals surface area (Å²) in [6, 6.07) is 10.4. The van der Waals surface area contributed by atoms with E-state index in [4.69, 9.17) is 9.84 Å². The number of hydrogen-bond donors (Lipinski definition) is 2. The molecule has 0 fully saturated rings. The van der Waals surface area contributed by atoms with E-state index in [0.29, 0.717) is 26.1 Å². The fourth-order valence-corrected chi connectivity index (χ4v) is 1.91. The van der Waals surface area contributed by atoms with Crippen molar-refractivity contribution in [3.8, 4) is 0 Å². The van der Waals surface area contributed by atoms with Crippen LogP contribution in [-0.2, 0) is 11.2 Å². The summed E-state index contributed by atoms with van der Waals surface area (Å²) < 4.78 is 5.43. The highest BCUT2D eigenvalue weighted by Gasteiger charge is 2.06. The highest BCUT2D eigenvalue weighted by atomic mass is 16.5. The molecule has 0 aliphatic rings. The normalized spacial score (nSPS) is 14.3. The van der Waals surface area contributed by atoms with Gasteiger partial charge in [-0.15, -0.1) is 0 Å². The lowest BCUT2D eigenvalue weighted by molar-refractivity contribution is 0.0239. The monoisotopic (exact) mass is 266 g/mol. The van der Waals surface area contributed by atoms with Crippen molar-refractivity contribution >= 4 is 0 Å². The lowest BCUT2D eigenvalue weighted by Gasteiger charge is -2.12. The molecule has 1 rings (SSSR count). The molecule has 0 heterocycles. The maximum atomic E-state index is 9.60. The zero-order valence-corrected chi connectivity index (χ0v) is 11.8. The molecule has 0 amide bonds. The quantitative estimate of drug-likeness (QED) is 0.640. The van der Waals surface area contributed by atoms with Crippen LogP contribution in [0.2, 0.25) is 0 Å². The summed E-state index contributed by atoms with van der Waals surface area (Å²) in [5, 5.41) is 18.7. The minimum absolute atomic E-state index is 0.347. The Labute approximate surface area is 116 Å². The van der Waals surface area contributed by atoms with Gasteiger partial charge in [-0.1, -0.05) is 30.3 Å². The lowest BCUT2D eigenvalue weighted by Crippen LogP contribution is -2.17. The summed E-state index contributed by atoms with van der Waals surface area (Å²) in [7, 11) is 0. The Hall–Kier alpha value is -0.900. The van der Waals surface area contributed by atoms with Crippen LogP contribution in [-0.4, -0.2) is 35.6 Å². The molecule has 0 aliphatic heterocycles. The van der Waals surface area contributed by atoms with E-state index in [1.54, 1.807) is 6.92 Å². The van der Waals surface area contributed by atoms with Crippen LogP contribution in [0.5, 0.6) is 0 Å². The third-order valence-corrected chi connectivity index (χ3v) is 3.07. The van der Waals surface area contributed by atoms with Gasteiger partial charge in [0.1, 0.15) is 0 Å². The SMILES string of the molecule is CC(O)CCC(O)COCCCCc1ccccc1. The van der Waals surface area contributed by atoms with Gasteiger partial charge in [-0.25, -0.2) is 0 Å². The van der Waals surface area contributed by atoms with Crippen LogP contribution in [0, 0.1) is 0 Å². The van der Waals surface area contributed by atoms with E-state index in [-0.39, 0.29) is 6.10 Å². The van der Waals surface area contributed by atoms with Crippen molar-refractivity contribution < 1.29 is 14.9 Å². The van der Waals surface area contributed by atoms with E-state index in [0.717, 1.165) is 19.3 Å². The molecule has 0 spiro atoms. The Kier molecular flexibility index (Phi) is 8.47. The number of aryl methyl sites for hydroxylation is 1. The second-order valence-corrected chi connectivity index (χ2v) is 5.10. The largest absolute Gasteiger partial charge is 0.393 e. The minimum atomic E-state index is -0.455. The van der Waals surface area contributed by atoms with Gasteiger partial charge in [0.25, 0.3) is 0 Å². The van der Waals surface area contributed by atoms with Gasteiger partial charge >= 0.3 is 0 Å². The average molecular weight is 266 g/mol. The van der Waals surface area contributed by atoms with E-state index in [1.165, 1.54) is 5.56 Å². The third-order valence-electron chi connectivity index (χ3n) is 3.07. The van der Waals surface area contributed by atoms with Crippen LogP contribution in [0.1, 0.15) is 38.2 Å².